The summed E-state index contributed by atoms with van der Waals surface area (Å²) in [4.78, 5) is 0. The van der Waals surface area contributed by atoms with Crippen molar-refractivity contribution in [1.29, 1.82) is 0 Å². The van der Waals surface area contributed by atoms with E-state index in [1.807, 2.05) is 12.1 Å². The number of aryl methyl sites for hydroxylation is 2. The molecule has 2 aromatic carbocycles. The third-order valence-corrected chi connectivity index (χ3v) is 8.88. The van der Waals surface area contributed by atoms with Crippen LogP contribution < -0.4 is 0 Å². The van der Waals surface area contributed by atoms with E-state index in [-0.39, 0.29) is 6.67 Å². The van der Waals surface area contributed by atoms with Crippen molar-refractivity contribution in [1.82, 2.24) is 0 Å². The molecule has 0 heterocycles. The van der Waals surface area contributed by atoms with Crippen molar-refractivity contribution < 1.29 is 4.39 Å². The summed E-state index contributed by atoms with van der Waals surface area (Å²) in [5, 5.41) is 0. The second-order valence-electron chi connectivity index (χ2n) is 11.1. The van der Waals surface area contributed by atoms with Crippen LogP contribution in [0, 0.1) is 17.8 Å². The van der Waals surface area contributed by atoms with Crippen molar-refractivity contribution >= 4 is 0 Å². The Bertz CT molecular complexity index is 789. The molecule has 0 atom stereocenters. The van der Waals surface area contributed by atoms with E-state index in [0.29, 0.717) is 0 Å². The van der Waals surface area contributed by atoms with Crippen LogP contribution in [0.3, 0.4) is 0 Å². The fraction of sp³-hybridized carbons (Fsp3) is 0.625. The van der Waals surface area contributed by atoms with Gasteiger partial charge < -0.3 is 0 Å². The predicted molar refractivity (Wildman–Crippen MR) is 139 cm³/mol. The number of benzene rings is 2. The second-order valence-corrected chi connectivity index (χ2v) is 11.1. The molecule has 0 amide bonds. The van der Waals surface area contributed by atoms with Crippen LogP contribution in [-0.4, -0.2) is 0 Å². The molecular formula is C32H45F. The number of rotatable bonds is 10. The van der Waals surface area contributed by atoms with Gasteiger partial charge in [-0.1, -0.05) is 94.0 Å². The summed E-state index contributed by atoms with van der Waals surface area (Å²) in [6.45, 7) is 1.95. The first-order valence-corrected chi connectivity index (χ1v) is 14.0. The molecule has 2 aliphatic rings. The van der Waals surface area contributed by atoms with Gasteiger partial charge in [0, 0.05) is 0 Å². The van der Waals surface area contributed by atoms with Crippen molar-refractivity contribution in [2.45, 2.75) is 109 Å². The Morgan fingerprint density at radius 3 is 1.70 bits per heavy atom. The van der Waals surface area contributed by atoms with E-state index in [1.165, 1.54) is 88.2 Å². The van der Waals surface area contributed by atoms with E-state index in [4.69, 9.17) is 0 Å². The van der Waals surface area contributed by atoms with E-state index in [9.17, 15) is 4.39 Å². The molecule has 0 N–H and O–H groups in total. The van der Waals surface area contributed by atoms with Crippen LogP contribution in [0.15, 0.2) is 48.5 Å². The monoisotopic (exact) mass is 448 g/mol. The number of alkyl halides is 1. The Morgan fingerprint density at radius 1 is 0.636 bits per heavy atom. The molecule has 2 fully saturated rings. The summed E-state index contributed by atoms with van der Waals surface area (Å²) in [5.41, 5.74) is 5.04. The Labute approximate surface area is 202 Å². The molecular weight excluding hydrogens is 403 g/mol. The summed E-state index contributed by atoms with van der Waals surface area (Å²) in [5.74, 6) is 3.83. The fourth-order valence-electron chi connectivity index (χ4n) is 6.60. The largest absolute Gasteiger partial charge is 0.246 e. The van der Waals surface area contributed by atoms with E-state index in [2.05, 4.69) is 43.3 Å². The number of halogens is 1. The maximum Gasteiger partial charge on any atom is 0.115 e. The van der Waals surface area contributed by atoms with Crippen LogP contribution >= 0.6 is 0 Å². The number of hydrogen-bond acceptors (Lipinski definition) is 0. The fourth-order valence-corrected chi connectivity index (χ4v) is 6.60. The van der Waals surface area contributed by atoms with Gasteiger partial charge in [0.15, 0.2) is 0 Å². The Morgan fingerprint density at radius 2 is 1.15 bits per heavy atom. The predicted octanol–water partition coefficient (Wildman–Crippen LogP) is 9.60. The summed E-state index contributed by atoms with van der Waals surface area (Å²) < 4.78 is 12.7. The quantitative estimate of drug-likeness (QED) is 0.317. The first kappa shape index (κ1) is 24.5. The van der Waals surface area contributed by atoms with Crippen molar-refractivity contribution in [2.24, 2.45) is 17.8 Å². The molecule has 0 spiro atoms. The van der Waals surface area contributed by atoms with Crippen molar-refractivity contribution in [3.63, 3.8) is 0 Å². The van der Waals surface area contributed by atoms with Gasteiger partial charge in [0.25, 0.3) is 0 Å². The van der Waals surface area contributed by atoms with Gasteiger partial charge in [0.2, 0.25) is 0 Å². The van der Waals surface area contributed by atoms with E-state index < -0.39 is 0 Å². The van der Waals surface area contributed by atoms with Crippen LogP contribution in [-0.2, 0) is 19.5 Å². The molecule has 0 bridgehead atoms. The normalized spacial score (nSPS) is 25.8. The SMILES string of the molecule is CCCCC[C@H]1CC[C@H]([C@H]2CC[C@H](c3ccc(CCc4ccc(CF)cc4)cc3)CC2)CC1. The van der Waals surface area contributed by atoms with Crippen LogP contribution in [0.2, 0.25) is 0 Å². The number of hydrogen-bond donors (Lipinski definition) is 0. The highest BCUT2D eigenvalue weighted by atomic mass is 19.1. The van der Waals surface area contributed by atoms with Gasteiger partial charge in [0.05, 0.1) is 0 Å². The topological polar surface area (TPSA) is 0 Å². The van der Waals surface area contributed by atoms with E-state index >= 15 is 0 Å². The highest BCUT2D eigenvalue weighted by Crippen LogP contribution is 2.44. The molecule has 4 rings (SSSR count). The van der Waals surface area contributed by atoms with E-state index in [0.717, 1.165) is 42.1 Å². The molecule has 2 aliphatic carbocycles. The van der Waals surface area contributed by atoms with Gasteiger partial charge >= 0.3 is 0 Å². The van der Waals surface area contributed by atoms with Gasteiger partial charge in [-0.15, -0.1) is 0 Å². The minimum absolute atomic E-state index is 0.371. The smallest absolute Gasteiger partial charge is 0.115 e. The molecule has 0 aromatic heterocycles. The third-order valence-electron chi connectivity index (χ3n) is 8.88. The maximum absolute atomic E-state index is 12.7. The molecule has 0 radical (unpaired) electrons. The van der Waals surface area contributed by atoms with Gasteiger partial charge in [-0.05, 0) is 97.3 Å². The van der Waals surface area contributed by atoms with Crippen molar-refractivity contribution in [3.05, 3.63) is 70.8 Å². The molecule has 0 unspecified atom stereocenters. The Kier molecular flexibility index (Phi) is 9.45. The lowest BCUT2D eigenvalue weighted by atomic mass is 9.68. The Hall–Kier alpha value is -1.63. The van der Waals surface area contributed by atoms with Crippen molar-refractivity contribution in [2.75, 3.05) is 0 Å². The first-order valence-electron chi connectivity index (χ1n) is 14.0. The van der Waals surface area contributed by atoms with E-state index in [1.54, 1.807) is 5.56 Å². The first-order chi connectivity index (χ1) is 16.2. The molecule has 1 heteroatoms. The van der Waals surface area contributed by atoms with Gasteiger partial charge in [-0.2, -0.15) is 0 Å². The highest BCUT2D eigenvalue weighted by molar-refractivity contribution is 5.28. The lowest BCUT2D eigenvalue weighted by molar-refractivity contribution is 0.155. The zero-order chi connectivity index (χ0) is 22.9. The molecule has 2 aromatic rings. The average Bonchev–Trinajstić information content (AvgIpc) is 2.89. The van der Waals surface area contributed by atoms with Crippen LogP contribution in [0.25, 0.3) is 0 Å². The van der Waals surface area contributed by atoms with Crippen LogP contribution in [0.5, 0.6) is 0 Å². The molecule has 2 saturated carbocycles. The minimum atomic E-state index is -0.371. The van der Waals surface area contributed by atoms with Crippen LogP contribution in [0.1, 0.15) is 112 Å². The summed E-state index contributed by atoms with van der Waals surface area (Å²) in [6.07, 6.45) is 19.6. The maximum atomic E-state index is 12.7. The lowest BCUT2D eigenvalue weighted by Crippen LogP contribution is -2.25. The molecule has 33 heavy (non-hydrogen) atoms. The summed E-state index contributed by atoms with van der Waals surface area (Å²) in [7, 11) is 0. The number of unbranched alkanes of at least 4 members (excludes halogenated alkanes) is 2. The van der Waals surface area contributed by atoms with Gasteiger partial charge in [-0.3, -0.25) is 0 Å². The van der Waals surface area contributed by atoms with Gasteiger partial charge in [-0.25, -0.2) is 4.39 Å². The highest BCUT2D eigenvalue weighted by Gasteiger charge is 2.31. The molecule has 0 saturated heterocycles. The average molecular weight is 449 g/mol. The zero-order valence-electron chi connectivity index (χ0n) is 20.9. The second kappa shape index (κ2) is 12.7. The van der Waals surface area contributed by atoms with Gasteiger partial charge in [0.1, 0.15) is 6.67 Å². The summed E-state index contributed by atoms with van der Waals surface area (Å²) in [6, 6.07) is 17.4. The molecule has 180 valence electrons. The standard InChI is InChI=1S/C32H45F/c1-2-3-4-5-25-12-16-29(17-13-25)31-20-22-32(23-21-31)30-18-14-27(15-19-30)7-6-26-8-10-28(24-33)11-9-26/h8-11,14-15,18-19,25,29,31-32H,2-7,12-13,16-17,20-24H2,1H3/t25-,29-,31-,32-. The minimum Gasteiger partial charge on any atom is -0.246 e. The lowest BCUT2D eigenvalue weighted by Gasteiger charge is -2.38. The Balaban J connectivity index is 1.18. The van der Waals surface area contributed by atoms with Crippen LogP contribution in [0.4, 0.5) is 4.39 Å². The summed E-state index contributed by atoms with van der Waals surface area (Å²) >= 11 is 0. The molecule has 0 aliphatic heterocycles. The van der Waals surface area contributed by atoms with Crippen molar-refractivity contribution in [3.8, 4) is 0 Å². The zero-order valence-corrected chi connectivity index (χ0v) is 20.9. The molecule has 0 nitrogen and oxygen atoms in total. The third kappa shape index (κ3) is 7.17.